The highest BCUT2D eigenvalue weighted by atomic mass is 32.1. The first-order valence-electron chi connectivity index (χ1n) is 9.36. The Kier molecular flexibility index (Phi) is 6.96. The van der Waals surface area contributed by atoms with Crippen molar-refractivity contribution < 1.29 is 32.6 Å². The van der Waals surface area contributed by atoms with Gasteiger partial charge in [0.1, 0.15) is 33.6 Å². The van der Waals surface area contributed by atoms with E-state index in [-0.39, 0.29) is 10.6 Å². The molecule has 3 rings (SSSR count). The van der Waals surface area contributed by atoms with E-state index in [9.17, 15) is 27.9 Å². The lowest BCUT2D eigenvalue weighted by Crippen LogP contribution is -2.17. The van der Waals surface area contributed by atoms with E-state index in [4.69, 9.17) is 4.74 Å². The van der Waals surface area contributed by atoms with Crippen LogP contribution in [0.1, 0.15) is 39.8 Å². The average molecular weight is 449 g/mol. The molecule has 0 saturated carbocycles. The minimum Gasteiger partial charge on any atom is -0.494 e. The molecule has 0 fully saturated rings. The molecule has 0 radical (unpaired) electrons. The van der Waals surface area contributed by atoms with Gasteiger partial charge in [0, 0.05) is 17.0 Å². The zero-order chi connectivity index (χ0) is 22.5. The number of carboxylic acids is 1. The number of carbonyl (C=O) groups excluding carboxylic acids is 1. The second-order valence-electron chi connectivity index (χ2n) is 6.58. The summed E-state index contributed by atoms with van der Waals surface area (Å²) in [5.41, 5.74) is -0.446. The average Bonchev–Trinajstić information content (AvgIpc) is 3.12. The van der Waals surface area contributed by atoms with Crippen LogP contribution in [0.15, 0.2) is 42.5 Å². The molecule has 9 heteroatoms. The second-order valence-corrected chi connectivity index (χ2v) is 7.64. The lowest BCUT2D eigenvalue weighted by Gasteiger charge is -2.07. The van der Waals surface area contributed by atoms with Gasteiger partial charge in [-0.3, -0.25) is 4.79 Å². The molecule has 162 valence electrons. The molecule has 0 atom stereocenters. The minimum absolute atomic E-state index is 0.121. The van der Waals surface area contributed by atoms with Crippen molar-refractivity contribution in [3.63, 3.8) is 0 Å². The molecule has 2 aromatic carbocycles. The van der Waals surface area contributed by atoms with Crippen molar-refractivity contribution in [1.29, 1.82) is 0 Å². The lowest BCUT2D eigenvalue weighted by atomic mass is 10.1. The maximum atomic E-state index is 13.9. The number of carboxylic acid groups (broad SMARTS) is 1. The Morgan fingerprint density at radius 1 is 1.06 bits per heavy atom. The van der Waals surface area contributed by atoms with Crippen molar-refractivity contribution in [2.24, 2.45) is 0 Å². The predicted molar refractivity (Wildman–Crippen MR) is 111 cm³/mol. The maximum Gasteiger partial charge on any atom is 0.348 e. The molecule has 0 aliphatic heterocycles. The first kappa shape index (κ1) is 22.4. The molecule has 5 nitrogen and oxygen atoms in total. The Morgan fingerprint density at radius 3 is 2.29 bits per heavy atom. The molecule has 0 saturated heterocycles. The quantitative estimate of drug-likeness (QED) is 0.416. The van der Waals surface area contributed by atoms with Gasteiger partial charge in [-0.2, -0.15) is 0 Å². The van der Waals surface area contributed by atoms with Crippen molar-refractivity contribution >= 4 is 28.9 Å². The zero-order valence-electron chi connectivity index (χ0n) is 16.4. The summed E-state index contributed by atoms with van der Waals surface area (Å²) in [5.74, 6) is -5.81. The molecule has 3 aromatic rings. The van der Waals surface area contributed by atoms with Crippen molar-refractivity contribution in [2.45, 2.75) is 19.8 Å². The number of ether oxygens (including phenoxy) is 1. The smallest absolute Gasteiger partial charge is 0.348 e. The topological polar surface area (TPSA) is 75.6 Å². The van der Waals surface area contributed by atoms with Gasteiger partial charge in [-0.05, 0) is 42.3 Å². The highest BCUT2D eigenvalue weighted by Gasteiger charge is 2.23. The number of halogens is 3. The summed E-state index contributed by atoms with van der Waals surface area (Å²) in [6.07, 6.45) is 1.93. The van der Waals surface area contributed by atoms with Crippen LogP contribution in [0.2, 0.25) is 0 Å². The summed E-state index contributed by atoms with van der Waals surface area (Å²) >= 11 is 0.893. The van der Waals surface area contributed by atoms with Crippen LogP contribution in [0.4, 0.5) is 18.9 Å². The molecule has 1 amide bonds. The van der Waals surface area contributed by atoms with E-state index in [0.29, 0.717) is 34.9 Å². The number of rotatable bonds is 8. The molecule has 0 aliphatic carbocycles. The predicted octanol–water partition coefficient (Wildman–Crippen LogP) is 5.96. The standard InChI is InChI=1S/C22H18F3NO4S/c1-2-3-8-30-14-6-4-12(5-7-14)18-11-17(20(31-18)22(28)29)26-21(27)19-15(24)9-13(23)10-16(19)25/h4-7,9-11H,2-3,8H2,1H3,(H,26,27)(H,28,29). The Morgan fingerprint density at radius 2 is 1.71 bits per heavy atom. The van der Waals surface area contributed by atoms with Crippen LogP contribution in [0.25, 0.3) is 10.4 Å². The summed E-state index contributed by atoms with van der Waals surface area (Å²) in [6, 6.07) is 9.11. The molecular formula is C22H18F3NO4S. The molecule has 0 aliphatic rings. The highest BCUT2D eigenvalue weighted by Crippen LogP contribution is 2.36. The van der Waals surface area contributed by atoms with Crippen LogP contribution < -0.4 is 10.1 Å². The molecule has 1 heterocycles. The summed E-state index contributed by atoms with van der Waals surface area (Å²) in [7, 11) is 0. The summed E-state index contributed by atoms with van der Waals surface area (Å²) in [5, 5.41) is 11.7. The van der Waals surface area contributed by atoms with Crippen molar-refractivity contribution in [2.75, 3.05) is 11.9 Å². The van der Waals surface area contributed by atoms with Gasteiger partial charge in [0.2, 0.25) is 0 Å². The summed E-state index contributed by atoms with van der Waals surface area (Å²) < 4.78 is 46.4. The van der Waals surface area contributed by atoms with Gasteiger partial charge in [0.05, 0.1) is 12.3 Å². The SMILES string of the molecule is CCCCOc1ccc(-c2cc(NC(=O)c3c(F)cc(F)cc3F)c(C(=O)O)s2)cc1. The van der Waals surface area contributed by atoms with E-state index in [1.165, 1.54) is 6.07 Å². The first-order chi connectivity index (χ1) is 14.8. The van der Waals surface area contributed by atoms with Crippen molar-refractivity contribution in [3.05, 3.63) is 70.4 Å². The van der Waals surface area contributed by atoms with Crippen LogP contribution in [0, 0.1) is 17.5 Å². The molecule has 0 unspecified atom stereocenters. The number of benzene rings is 2. The van der Waals surface area contributed by atoms with Crippen LogP contribution in [-0.4, -0.2) is 23.6 Å². The molecule has 1 aromatic heterocycles. The van der Waals surface area contributed by atoms with Crippen LogP contribution in [0.5, 0.6) is 5.75 Å². The van der Waals surface area contributed by atoms with Gasteiger partial charge in [0.25, 0.3) is 5.91 Å². The number of thiophene rings is 1. The Bertz CT molecular complexity index is 1090. The third-order valence-corrected chi connectivity index (χ3v) is 5.49. The summed E-state index contributed by atoms with van der Waals surface area (Å²) in [6.45, 7) is 2.64. The number of amides is 1. The monoisotopic (exact) mass is 449 g/mol. The fourth-order valence-electron chi connectivity index (χ4n) is 2.78. The Hall–Kier alpha value is -3.33. The van der Waals surface area contributed by atoms with E-state index in [2.05, 4.69) is 12.2 Å². The van der Waals surface area contributed by atoms with Gasteiger partial charge in [-0.1, -0.05) is 13.3 Å². The Balaban J connectivity index is 1.86. The number of carbonyl (C=O) groups is 2. The number of anilines is 1. The molecular weight excluding hydrogens is 431 g/mol. The second kappa shape index (κ2) is 9.65. The van der Waals surface area contributed by atoms with E-state index >= 15 is 0 Å². The van der Waals surface area contributed by atoms with Gasteiger partial charge < -0.3 is 15.2 Å². The highest BCUT2D eigenvalue weighted by molar-refractivity contribution is 7.18. The molecule has 2 N–H and O–H groups in total. The lowest BCUT2D eigenvalue weighted by molar-refractivity contribution is 0.0703. The number of hydrogen-bond acceptors (Lipinski definition) is 4. The fraction of sp³-hybridized carbons (Fsp3) is 0.182. The number of hydrogen-bond donors (Lipinski definition) is 2. The number of unbranched alkanes of at least 4 members (excludes halogenated alkanes) is 1. The van der Waals surface area contributed by atoms with Gasteiger partial charge in [-0.25, -0.2) is 18.0 Å². The fourth-order valence-corrected chi connectivity index (χ4v) is 3.74. The van der Waals surface area contributed by atoms with E-state index in [1.54, 1.807) is 24.3 Å². The molecule has 0 bridgehead atoms. The van der Waals surface area contributed by atoms with E-state index < -0.39 is 34.9 Å². The number of nitrogens with one attached hydrogen (secondary N) is 1. The molecule has 0 spiro atoms. The van der Waals surface area contributed by atoms with Gasteiger partial charge in [-0.15, -0.1) is 11.3 Å². The van der Waals surface area contributed by atoms with Crippen molar-refractivity contribution in [3.8, 4) is 16.2 Å². The van der Waals surface area contributed by atoms with Crippen LogP contribution >= 0.6 is 11.3 Å². The van der Waals surface area contributed by atoms with E-state index in [0.717, 1.165) is 24.2 Å². The molecule has 31 heavy (non-hydrogen) atoms. The first-order valence-corrected chi connectivity index (χ1v) is 10.2. The zero-order valence-corrected chi connectivity index (χ0v) is 17.2. The minimum atomic E-state index is -1.39. The van der Waals surface area contributed by atoms with Gasteiger partial charge in [0.15, 0.2) is 0 Å². The Labute approximate surface area is 180 Å². The van der Waals surface area contributed by atoms with Crippen LogP contribution in [0.3, 0.4) is 0 Å². The summed E-state index contributed by atoms with van der Waals surface area (Å²) in [4.78, 5) is 24.3. The largest absolute Gasteiger partial charge is 0.494 e. The van der Waals surface area contributed by atoms with Crippen molar-refractivity contribution in [1.82, 2.24) is 0 Å². The van der Waals surface area contributed by atoms with Gasteiger partial charge >= 0.3 is 5.97 Å². The third-order valence-electron chi connectivity index (χ3n) is 4.31. The van der Waals surface area contributed by atoms with E-state index in [1.807, 2.05) is 0 Å². The third kappa shape index (κ3) is 5.24. The van der Waals surface area contributed by atoms with Crippen LogP contribution in [-0.2, 0) is 0 Å². The normalized spacial score (nSPS) is 10.7. The number of aromatic carboxylic acids is 1. The maximum absolute atomic E-state index is 13.9.